The van der Waals surface area contributed by atoms with E-state index in [1.54, 1.807) is 19.4 Å². The molecule has 7 nitrogen and oxygen atoms in total. The molecule has 5 rings (SSSR count). The second-order valence-corrected chi connectivity index (χ2v) is 7.31. The number of nitrogens with zero attached hydrogens (tertiary/aromatic N) is 3. The van der Waals surface area contributed by atoms with Crippen LogP contribution in [0.3, 0.4) is 0 Å². The van der Waals surface area contributed by atoms with E-state index in [1.807, 2.05) is 30.5 Å². The molecule has 3 heterocycles. The lowest BCUT2D eigenvalue weighted by atomic mass is 10.00. The van der Waals surface area contributed by atoms with Crippen molar-refractivity contribution in [1.29, 1.82) is 0 Å². The number of fused-ring (bicyclic) bond motifs is 2. The summed E-state index contributed by atoms with van der Waals surface area (Å²) in [5, 5.41) is 7.70. The molecule has 4 aromatic rings. The van der Waals surface area contributed by atoms with Crippen molar-refractivity contribution >= 4 is 28.4 Å². The average Bonchev–Trinajstić information content (AvgIpc) is 2.78. The zero-order chi connectivity index (χ0) is 20.5. The van der Waals surface area contributed by atoms with Crippen molar-refractivity contribution in [3.8, 4) is 16.9 Å². The molecule has 0 saturated carbocycles. The molecule has 1 aliphatic heterocycles. The van der Waals surface area contributed by atoms with E-state index in [0.717, 1.165) is 53.0 Å². The smallest absolute Gasteiger partial charge is 0.227 e. The zero-order valence-electron chi connectivity index (χ0n) is 16.6. The third-order valence-electron chi connectivity index (χ3n) is 5.36. The van der Waals surface area contributed by atoms with E-state index >= 15 is 0 Å². The number of pyridine rings is 1. The van der Waals surface area contributed by atoms with Crippen LogP contribution in [0.25, 0.3) is 22.0 Å². The first-order valence-corrected chi connectivity index (χ1v) is 9.86. The van der Waals surface area contributed by atoms with Crippen LogP contribution in [0, 0.1) is 0 Å². The van der Waals surface area contributed by atoms with Gasteiger partial charge >= 0.3 is 0 Å². The van der Waals surface area contributed by atoms with Crippen LogP contribution in [0.15, 0.2) is 54.9 Å². The summed E-state index contributed by atoms with van der Waals surface area (Å²) in [5.74, 6) is 1.82. The van der Waals surface area contributed by atoms with Crippen molar-refractivity contribution in [2.75, 3.05) is 24.7 Å². The van der Waals surface area contributed by atoms with Gasteiger partial charge in [-0.05, 0) is 60.0 Å². The molecule has 4 N–H and O–H groups in total. The van der Waals surface area contributed by atoms with E-state index in [2.05, 4.69) is 32.7 Å². The Balaban J connectivity index is 1.50. The molecule has 30 heavy (non-hydrogen) atoms. The Kier molecular flexibility index (Phi) is 4.65. The standard InChI is InChI=1S/C23H22N6O/c1-30-21-10-15-6-7-25-11-18(15)9-20(21)29-23-27-13-17-3-2-14(8-19(17)28-23)16-4-5-22(24)26-12-16/h2-5,8-10,12-13,25H,6-7,11H2,1H3,(H2,24,26)(H,27,28,29). The number of ether oxygens (including phenoxy) is 1. The zero-order valence-corrected chi connectivity index (χ0v) is 16.6. The monoisotopic (exact) mass is 398 g/mol. The Hall–Kier alpha value is -3.71. The lowest BCUT2D eigenvalue weighted by Crippen LogP contribution is -2.23. The third-order valence-corrected chi connectivity index (χ3v) is 5.36. The van der Waals surface area contributed by atoms with Crippen LogP contribution in [0.2, 0.25) is 0 Å². The highest BCUT2D eigenvalue weighted by Crippen LogP contribution is 2.32. The van der Waals surface area contributed by atoms with Crippen molar-refractivity contribution in [3.63, 3.8) is 0 Å². The van der Waals surface area contributed by atoms with E-state index in [9.17, 15) is 0 Å². The highest BCUT2D eigenvalue weighted by atomic mass is 16.5. The van der Waals surface area contributed by atoms with Gasteiger partial charge in [-0.15, -0.1) is 0 Å². The van der Waals surface area contributed by atoms with Crippen LogP contribution in [0.5, 0.6) is 5.75 Å². The third kappa shape index (κ3) is 3.51. The first-order chi connectivity index (χ1) is 14.7. The molecular formula is C23H22N6O. The average molecular weight is 398 g/mol. The second kappa shape index (κ2) is 7.61. The number of benzene rings is 2. The number of rotatable bonds is 4. The summed E-state index contributed by atoms with van der Waals surface area (Å²) in [5.41, 5.74) is 12.0. The van der Waals surface area contributed by atoms with Crippen LogP contribution < -0.4 is 21.1 Å². The molecule has 2 aromatic heterocycles. The minimum Gasteiger partial charge on any atom is -0.495 e. The van der Waals surface area contributed by atoms with Gasteiger partial charge in [0.25, 0.3) is 0 Å². The van der Waals surface area contributed by atoms with Gasteiger partial charge in [0.15, 0.2) is 0 Å². The molecular weight excluding hydrogens is 376 g/mol. The summed E-state index contributed by atoms with van der Waals surface area (Å²) in [4.78, 5) is 13.4. The predicted octanol–water partition coefficient (Wildman–Crippen LogP) is 3.67. The van der Waals surface area contributed by atoms with Gasteiger partial charge in [-0.25, -0.2) is 15.0 Å². The van der Waals surface area contributed by atoms with Gasteiger partial charge in [-0.2, -0.15) is 0 Å². The number of nitrogens with two attached hydrogens (primary N) is 1. The Bertz CT molecular complexity index is 1220. The maximum absolute atomic E-state index is 5.70. The Morgan fingerprint density at radius 2 is 1.90 bits per heavy atom. The van der Waals surface area contributed by atoms with Crippen molar-refractivity contribution in [3.05, 3.63) is 66.0 Å². The number of nitrogens with one attached hydrogen (secondary N) is 2. The molecule has 2 aromatic carbocycles. The van der Waals surface area contributed by atoms with Crippen LogP contribution >= 0.6 is 0 Å². The summed E-state index contributed by atoms with van der Waals surface area (Å²) in [6, 6.07) is 14.0. The van der Waals surface area contributed by atoms with E-state index in [1.165, 1.54) is 11.1 Å². The summed E-state index contributed by atoms with van der Waals surface area (Å²) >= 11 is 0. The van der Waals surface area contributed by atoms with Gasteiger partial charge in [0.2, 0.25) is 5.95 Å². The number of methoxy groups -OCH3 is 1. The fourth-order valence-corrected chi connectivity index (χ4v) is 3.74. The van der Waals surface area contributed by atoms with Crippen molar-refractivity contribution < 1.29 is 4.74 Å². The molecule has 0 fully saturated rings. The fraction of sp³-hybridized carbons (Fsp3) is 0.174. The Morgan fingerprint density at radius 3 is 2.73 bits per heavy atom. The first-order valence-electron chi connectivity index (χ1n) is 9.86. The molecule has 1 aliphatic rings. The summed E-state index contributed by atoms with van der Waals surface area (Å²) < 4.78 is 5.60. The van der Waals surface area contributed by atoms with Crippen LogP contribution in [0.1, 0.15) is 11.1 Å². The molecule has 7 heteroatoms. The molecule has 150 valence electrons. The fourth-order valence-electron chi connectivity index (χ4n) is 3.74. The van der Waals surface area contributed by atoms with Crippen LogP contribution in [0.4, 0.5) is 17.5 Å². The van der Waals surface area contributed by atoms with E-state index in [-0.39, 0.29) is 0 Å². The van der Waals surface area contributed by atoms with Gasteiger partial charge in [0.05, 0.1) is 18.3 Å². The summed E-state index contributed by atoms with van der Waals surface area (Å²) in [7, 11) is 1.68. The van der Waals surface area contributed by atoms with Crippen LogP contribution in [-0.4, -0.2) is 28.6 Å². The van der Waals surface area contributed by atoms with Gasteiger partial charge in [-0.3, -0.25) is 0 Å². The molecule has 0 radical (unpaired) electrons. The highest BCUT2D eigenvalue weighted by molar-refractivity contribution is 5.84. The molecule has 0 spiro atoms. The van der Waals surface area contributed by atoms with Crippen molar-refractivity contribution in [1.82, 2.24) is 20.3 Å². The SMILES string of the molecule is COc1cc2c(cc1Nc1ncc3ccc(-c4ccc(N)nc4)cc3n1)CNCC2. The summed E-state index contributed by atoms with van der Waals surface area (Å²) in [6.07, 6.45) is 4.59. The summed E-state index contributed by atoms with van der Waals surface area (Å²) in [6.45, 7) is 1.84. The number of aromatic nitrogens is 3. The molecule has 0 atom stereocenters. The van der Waals surface area contributed by atoms with E-state index in [0.29, 0.717) is 11.8 Å². The topological polar surface area (TPSA) is 98.0 Å². The molecule has 0 amide bonds. The lowest BCUT2D eigenvalue weighted by molar-refractivity contribution is 0.415. The van der Waals surface area contributed by atoms with Gasteiger partial charge in [-0.1, -0.05) is 12.1 Å². The molecule has 0 saturated heterocycles. The maximum atomic E-state index is 5.70. The van der Waals surface area contributed by atoms with Crippen molar-refractivity contribution in [2.45, 2.75) is 13.0 Å². The van der Waals surface area contributed by atoms with Crippen LogP contribution in [-0.2, 0) is 13.0 Å². The number of nitrogen functional groups attached to an aromatic ring is 1. The number of hydrogen-bond acceptors (Lipinski definition) is 7. The molecule has 0 unspecified atom stereocenters. The maximum Gasteiger partial charge on any atom is 0.227 e. The normalized spacial score (nSPS) is 13.1. The van der Waals surface area contributed by atoms with Gasteiger partial charge < -0.3 is 21.1 Å². The first kappa shape index (κ1) is 18.3. The lowest BCUT2D eigenvalue weighted by Gasteiger charge is -2.20. The van der Waals surface area contributed by atoms with Crippen molar-refractivity contribution in [2.24, 2.45) is 0 Å². The molecule has 0 aliphatic carbocycles. The quantitative estimate of drug-likeness (QED) is 0.482. The van der Waals surface area contributed by atoms with Gasteiger partial charge in [0, 0.05) is 29.9 Å². The minimum absolute atomic E-state index is 0.502. The van der Waals surface area contributed by atoms with E-state index in [4.69, 9.17) is 15.5 Å². The van der Waals surface area contributed by atoms with Gasteiger partial charge in [0.1, 0.15) is 11.6 Å². The predicted molar refractivity (Wildman–Crippen MR) is 119 cm³/mol. The molecule has 0 bridgehead atoms. The van der Waals surface area contributed by atoms with E-state index < -0.39 is 0 Å². The number of anilines is 3. The Labute approximate surface area is 174 Å². The number of hydrogen-bond donors (Lipinski definition) is 3. The minimum atomic E-state index is 0.502. The second-order valence-electron chi connectivity index (χ2n) is 7.31. The Morgan fingerprint density at radius 1 is 1.00 bits per heavy atom. The largest absolute Gasteiger partial charge is 0.495 e. The highest BCUT2D eigenvalue weighted by Gasteiger charge is 2.14.